The lowest BCUT2D eigenvalue weighted by Gasteiger charge is -2.28. The summed E-state index contributed by atoms with van der Waals surface area (Å²) in [5, 5.41) is 12.6. The molecule has 0 aliphatic carbocycles. The van der Waals surface area contributed by atoms with E-state index in [2.05, 4.69) is 5.32 Å². The van der Waals surface area contributed by atoms with E-state index >= 15 is 0 Å². The van der Waals surface area contributed by atoms with Crippen LogP contribution >= 0.6 is 0 Å². The van der Waals surface area contributed by atoms with E-state index < -0.39 is 40.2 Å². The Bertz CT molecular complexity index is 616. The molecule has 0 saturated carbocycles. The zero-order valence-electron chi connectivity index (χ0n) is 16.9. The van der Waals surface area contributed by atoms with Crippen LogP contribution in [0.1, 0.15) is 47.0 Å². The monoisotopic (exact) mass is 425 g/mol. The number of hydrogen-bond donors (Lipinski definition) is 2. The molecule has 0 aromatic heterocycles. The number of aliphatic hydroxyl groups excluding tert-OH is 1. The Hall–Kier alpha value is -1.72. The lowest BCUT2D eigenvalue weighted by atomic mass is 9.88. The largest absolute Gasteiger partial charge is 0.462 e. The molecule has 11 heteroatoms. The molecule has 2 N–H and O–H groups in total. The molecule has 0 bridgehead atoms. The van der Waals surface area contributed by atoms with Crippen LogP contribution in [0.5, 0.6) is 0 Å². The number of nitrogens with one attached hydrogen (secondary N) is 1. The number of hydrogen-bond acceptors (Lipinski definition) is 9. The Morgan fingerprint density at radius 1 is 1.14 bits per heavy atom. The number of amides is 1. The maximum absolute atomic E-state index is 11.9. The third kappa shape index (κ3) is 11.9. The minimum absolute atomic E-state index is 0.128. The highest BCUT2D eigenvalue weighted by atomic mass is 32.2. The van der Waals surface area contributed by atoms with Crippen molar-refractivity contribution >= 4 is 28.0 Å². The molecule has 0 spiro atoms. The molecule has 28 heavy (non-hydrogen) atoms. The van der Waals surface area contributed by atoms with E-state index in [4.69, 9.17) is 13.7 Å². The number of esters is 2. The number of rotatable bonds is 14. The van der Waals surface area contributed by atoms with Gasteiger partial charge in [-0.1, -0.05) is 20.8 Å². The van der Waals surface area contributed by atoms with Crippen molar-refractivity contribution in [2.24, 2.45) is 5.41 Å². The molecule has 0 aromatic rings. The molecular weight excluding hydrogens is 394 g/mol. The van der Waals surface area contributed by atoms with Gasteiger partial charge in [0.2, 0.25) is 5.91 Å². The molecule has 0 aliphatic heterocycles. The Labute approximate surface area is 166 Å². The van der Waals surface area contributed by atoms with E-state index in [1.807, 2.05) is 6.92 Å². The van der Waals surface area contributed by atoms with Gasteiger partial charge in [0.05, 0.1) is 12.4 Å². The van der Waals surface area contributed by atoms with Gasteiger partial charge in [-0.25, -0.2) is 4.79 Å². The fraction of sp³-hybridized carbons (Fsp3) is 0.824. The van der Waals surface area contributed by atoms with Crippen molar-refractivity contribution in [1.29, 1.82) is 0 Å². The van der Waals surface area contributed by atoms with Crippen LogP contribution in [0.15, 0.2) is 0 Å². The normalized spacial score (nSPS) is 12.9. The maximum atomic E-state index is 11.9. The topological polar surface area (TPSA) is 145 Å². The fourth-order valence-electron chi connectivity index (χ4n) is 1.86. The predicted molar refractivity (Wildman–Crippen MR) is 99.7 cm³/mol. The molecule has 1 amide bonds. The molecule has 0 saturated heterocycles. The molecule has 0 aromatic carbocycles. The van der Waals surface area contributed by atoms with Crippen LogP contribution in [0, 0.1) is 5.41 Å². The summed E-state index contributed by atoms with van der Waals surface area (Å²) in [6.45, 7) is 5.46. The Balaban J connectivity index is 4.33. The van der Waals surface area contributed by atoms with Gasteiger partial charge >= 0.3 is 11.9 Å². The van der Waals surface area contributed by atoms with Crippen LogP contribution in [-0.4, -0.2) is 69.6 Å². The molecule has 0 aliphatic rings. The van der Waals surface area contributed by atoms with E-state index in [1.165, 1.54) is 20.8 Å². The lowest BCUT2D eigenvalue weighted by molar-refractivity contribution is -0.165. The van der Waals surface area contributed by atoms with Crippen molar-refractivity contribution in [2.75, 3.05) is 32.1 Å². The van der Waals surface area contributed by atoms with Gasteiger partial charge in [0.1, 0.15) is 13.2 Å². The highest BCUT2D eigenvalue weighted by molar-refractivity contribution is 7.86. The quantitative estimate of drug-likeness (QED) is 0.225. The van der Waals surface area contributed by atoms with Gasteiger partial charge in [0.25, 0.3) is 10.1 Å². The van der Waals surface area contributed by atoms with Gasteiger partial charge in [-0.2, -0.15) is 8.42 Å². The third-order valence-electron chi connectivity index (χ3n) is 3.56. The van der Waals surface area contributed by atoms with Gasteiger partial charge in [0, 0.05) is 25.3 Å². The molecule has 164 valence electrons. The number of aliphatic hydroxyl groups is 1. The van der Waals surface area contributed by atoms with Crippen molar-refractivity contribution in [1.82, 2.24) is 5.32 Å². The number of ether oxygens (including phenoxy) is 2. The summed E-state index contributed by atoms with van der Waals surface area (Å²) in [4.78, 5) is 33.8. The van der Waals surface area contributed by atoms with Gasteiger partial charge in [-0.05, 0) is 12.8 Å². The first-order chi connectivity index (χ1) is 12.9. The zero-order chi connectivity index (χ0) is 21.8. The predicted octanol–water partition coefficient (Wildman–Crippen LogP) is 0.133. The summed E-state index contributed by atoms with van der Waals surface area (Å²) in [5.74, 6) is -1.95. The summed E-state index contributed by atoms with van der Waals surface area (Å²) in [6.07, 6.45) is -0.556. The minimum atomic E-state index is -3.88. The second kappa shape index (κ2) is 12.7. The number of carbonyl (C=O) groups excluding carboxylic acids is 3. The molecule has 0 heterocycles. The number of carbonyl (C=O) groups is 3. The Morgan fingerprint density at radius 3 is 2.32 bits per heavy atom. The highest BCUT2D eigenvalue weighted by Crippen LogP contribution is 2.23. The smallest absolute Gasteiger partial charge is 0.335 e. The third-order valence-corrected chi connectivity index (χ3v) is 4.83. The van der Waals surface area contributed by atoms with Gasteiger partial charge in [-0.15, -0.1) is 0 Å². The first-order valence-corrected chi connectivity index (χ1v) is 10.6. The van der Waals surface area contributed by atoms with E-state index in [1.54, 1.807) is 0 Å². The van der Waals surface area contributed by atoms with Crippen LogP contribution in [0.3, 0.4) is 0 Å². The summed E-state index contributed by atoms with van der Waals surface area (Å²) < 4.78 is 38.3. The second-order valence-corrected chi connectivity index (χ2v) is 8.65. The average Bonchev–Trinajstić information content (AvgIpc) is 2.60. The summed E-state index contributed by atoms with van der Waals surface area (Å²) in [5.41, 5.74) is -1.24. The van der Waals surface area contributed by atoms with E-state index in [9.17, 15) is 27.9 Å². The second-order valence-electron chi connectivity index (χ2n) is 6.89. The molecule has 0 fully saturated rings. The molecule has 10 nitrogen and oxygen atoms in total. The molecule has 1 atom stereocenters. The van der Waals surface area contributed by atoms with Gasteiger partial charge in [-0.3, -0.25) is 13.8 Å². The van der Waals surface area contributed by atoms with Crippen LogP contribution < -0.4 is 5.32 Å². The zero-order valence-corrected chi connectivity index (χ0v) is 17.7. The molecule has 0 radical (unpaired) electrons. The first kappa shape index (κ1) is 26.3. The fourth-order valence-corrected chi connectivity index (χ4v) is 2.96. The molecule has 0 rings (SSSR count). The molecule has 0 unspecified atom stereocenters. The SMILES string of the molecule is CCCC(=O)OCCOC(=O)[C@H](O)C(C)(C)COS(=O)(=O)CCCNC(C)=O. The van der Waals surface area contributed by atoms with Gasteiger partial charge in [0.15, 0.2) is 6.10 Å². The van der Waals surface area contributed by atoms with Crippen LogP contribution in [0.25, 0.3) is 0 Å². The van der Waals surface area contributed by atoms with Crippen LogP contribution in [0.2, 0.25) is 0 Å². The van der Waals surface area contributed by atoms with Gasteiger partial charge < -0.3 is 19.9 Å². The van der Waals surface area contributed by atoms with Crippen molar-refractivity contribution in [3.8, 4) is 0 Å². The average molecular weight is 426 g/mol. The van der Waals surface area contributed by atoms with Crippen molar-refractivity contribution in [3.05, 3.63) is 0 Å². The van der Waals surface area contributed by atoms with Crippen LogP contribution in [0.4, 0.5) is 0 Å². The highest BCUT2D eigenvalue weighted by Gasteiger charge is 2.36. The Kier molecular flexibility index (Phi) is 11.9. The van der Waals surface area contributed by atoms with Crippen LogP contribution in [-0.2, 0) is 38.2 Å². The van der Waals surface area contributed by atoms with Crippen molar-refractivity contribution in [2.45, 2.75) is 53.1 Å². The minimum Gasteiger partial charge on any atom is -0.462 e. The summed E-state index contributed by atoms with van der Waals surface area (Å²) in [7, 11) is -3.88. The summed E-state index contributed by atoms with van der Waals surface area (Å²) in [6, 6.07) is 0. The van der Waals surface area contributed by atoms with E-state index in [-0.39, 0.29) is 44.3 Å². The maximum Gasteiger partial charge on any atom is 0.335 e. The molecular formula is C17H31NO9S. The Morgan fingerprint density at radius 2 is 1.75 bits per heavy atom. The standard InChI is InChI=1S/C17H31NO9S/c1-5-7-14(20)25-9-10-26-16(22)15(21)17(3,4)12-27-28(23,24)11-6-8-18-13(2)19/h15,21H,5-12H2,1-4H3,(H,18,19)/t15-/m0/s1. The van der Waals surface area contributed by atoms with Crippen molar-refractivity contribution < 1.29 is 41.6 Å². The van der Waals surface area contributed by atoms with E-state index in [0.29, 0.717) is 6.42 Å². The van der Waals surface area contributed by atoms with E-state index in [0.717, 1.165) is 0 Å². The lowest BCUT2D eigenvalue weighted by Crippen LogP contribution is -2.42. The van der Waals surface area contributed by atoms with Crippen molar-refractivity contribution in [3.63, 3.8) is 0 Å². The first-order valence-electron chi connectivity index (χ1n) is 9.03. The summed E-state index contributed by atoms with van der Waals surface area (Å²) >= 11 is 0.